The smallest absolute Gasteiger partial charge is 0.166 e. The van der Waals surface area contributed by atoms with Crippen LogP contribution >= 0.6 is 0 Å². The molecule has 80 valence electrons. The van der Waals surface area contributed by atoms with Crippen molar-refractivity contribution in [2.24, 2.45) is 5.92 Å². The van der Waals surface area contributed by atoms with Crippen molar-refractivity contribution in [3.05, 3.63) is 35.1 Å². The molecule has 0 radical (unpaired) electrons. The molecule has 2 rings (SSSR count). The molecule has 0 amide bonds. The molecular formula is C13H15FO. The molecule has 0 aliphatic heterocycles. The molecule has 0 unspecified atom stereocenters. The minimum atomic E-state index is -0.279. The summed E-state index contributed by atoms with van der Waals surface area (Å²) >= 11 is 0. The van der Waals surface area contributed by atoms with Crippen LogP contribution in [0.15, 0.2) is 18.2 Å². The lowest BCUT2D eigenvalue weighted by atomic mass is 9.93. The number of rotatable bonds is 2. The van der Waals surface area contributed by atoms with Crippen LogP contribution in [0.3, 0.4) is 0 Å². The van der Waals surface area contributed by atoms with E-state index in [0.29, 0.717) is 11.1 Å². The zero-order valence-corrected chi connectivity index (χ0v) is 8.92. The summed E-state index contributed by atoms with van der Waals surface area (Å²) in [5.41, 5.74) is 1.07. The molecule has 1 saturated carbocycles. The molecule has 1 aliphatic carbocycles. The summed E-state index contributed by atoms with van der Waals surface area (Å²) in [6.45, 7) is 1.68. The Morgan fingerprint density at radius 1 is 1.33 bits per heavy atom. The van der Waals surface area contributed by atoms with Crippen LogP contribution in [0.5, 0.6) is 0 Å². The molecule has 0 aromatic heterocycles. The Bertz CT molecular complexity index is 378. The Kier molecular flexibility index (Phi) is 2.85. The summed E-state index contributed by atoms with van der Waals surface area (Å²) in [5.74, 6) is -0.0196. The van der Waals surface area contributed by atoms with E-state index in [-0.39, 0.29) is 17.5 Å². The van der Waals surface area contributed by atoms with Gasteiger partial charge in [-0.25, -0.2) is 4.39 Å². The van der Waals surface area contributed by atoms with E-state index in [1.165, 1.54) is 6.07 Å². The highest BCUT2D eigenvalue weighted by atomic mass is 19.1. The van der Waals surface area contributed by atoms with Crippen molar-refractivity contribution in [3.63, 3.8) is 0 Å². The molecule has 0 spiro atoms. The van der Waals surface area contributed by atoms with E-state index in [1.807, 2.05) is 0 Å². The lowest BCUT2D eigenvalue weighted by Gasteiger charge is -2.10. The zero-order valence-electron chi connectivity index (χ0n) is 8.92. The summed E-state index contributed by atoms with van der Waals surface area (Å²) in [6, 6.07) is 4.75. The Labute approximate surface area is 89.3 Å². The third kappa shape index (κ3) is 1.94. The van der Waals surface area contributed by atoms with Gasteiger partial charge in [-0.3, -0.25) is 4.79 Å². The molecule has 1 fully saturated rings. The second-order valence-corrected chi connectivity index (χ2v) is 4.26. The first-order chi connectivity index (χ1) is 7.20. The molecule has 1 aromatic rings. The van der Waals surface area contributed by atoms with Gasteiger partial charge in [-0.15, -0.1) is 0 Å². The van der Waals surface area contributed by atoms with Gasteiger partial charge in [0.05, 0.1) is 0 Å². The van der Waals surface area contributed by atoms with Crippen LogP contribution in [0.1, 0.15) is 41.6 Å². The van der Waals surface area contributed by atoms with Crippen molar-refractivity contribution in [1.29, 1.82) is 0 Å². The van der Waals surface area contributed by atoms with Gasteiger partial charge in [0.2, 0.25) is 0 Å². The van der Waals surface area contributed by atoms with Crippen LogP contribution in [-0.2, 0) is 0 Å². The van der Waals surface area contributed by atoms with E-state index >= 15 is 0 Å². The normalized spacial score (nSPS) is 16.9. The van der Waals surface area contributed by atoms with Gasteiger partial charge in [0.15, 0.2) is 5.78 Å². The molecule has 1 aliphatic rings. The number of Topliss-reactive ketones (excluding diaryl/α,β-unsaturated/α-hetero) is 1. The van der Waals surface area contributed by atoms with Crippen LogP contribution in [0, 0.1) is 18.7 Å². The van der Waals surface area contributed by atoms with Crippen molar-refractivity contribution in [2.45, 2.75) is 32.6 Å². The number of ketones is 1. The molecular weight excluding hydrogens is 191 g/mol. The molecule has 0 saturated heterocycles. The molecule has 15 heavy (non-hydrogen) atoms. The summed E-state index contributed by atoms with van der Waals surface area (Å²) in [6.07, 6.45) is 4.19. The second kappa shape index (κ2) is 4.13. The predicted octanol–water partition coefficient (Wildman–Crippen LogP) is 3.51. The van der Waals surface area contributed by atoms with Crippen molar-refractivity contribution in [1.82, 2.24) is 0 Å². The summed E-state index contributed by atoms with van der Waals surface area (Å²) in [4.78, 5) is 12.1. The lowest BCUT2D eigenvalue weighted by Crippen LogP contribution is -2.13. The van der Waals surface area contributed by atoms with Crippen LogP contribution in [0.4, 0.5) is 4.39 Å². The van der Waals surface area contributed by atoms with Gasteiger partial charge >= 0.3 is 0 Å². The summed E-state index contributed by atoms with van der Waals surface area (Å²) < 4.78 is 13.3. The van der Waals surface area contributed by atoms with E-state index in [0.717, 1.165) is 25.7 Å². The zero-order chi connectivity index (χ0) is 10.8. The average molecular weight is 206 g/mol. The Balaban J connectivity index is 2.28. The molecule has 1 nitrogen and oxygen atoms in total. The van der Waals surface area contributed by atoms with Gasteiger partial charge in [0.1, 0.15) is 5.82 Å². The fraction of sp³-hybridized carbons (Fsp3) is 0.462. The standard InChI is InChI=1S/C13H15FO/c1-9-11(7-4-8-12(9)14)13(15)10-5-2-3-6-10/h4,7-8,10H,2-3,5-6H2,1H3. The van der Waals surface area contributed by atoms with Gasteiger partial charge in [-0.2, -0.15) is 0 Å². The number of carbonyl (C=O) groups is 1. The first kappa shape index (κ1) is 10.3. The van der Waals surface area contributed by atoms with Crippen molar-refractivity contribution in [2.75, 3.05) is 0 Å². The third-order valence-corrected chi connectivity index (χ3v) is 3.26. The Hall–Kier alpha value is -1.18. The first-order valence-electron chi connectivity index (χ1n) is 5.49. The van der Waals surface area contributed by atoms with Crippen LogP contribution < -0.4 is 0 Å². The average Bonchev–Trinajstić information content (AvgIpc) is 2.74. The molecule has 0 N–H and O–H groups in total. The topological polar surface area (TPSA) is 17.1 Å². The van der Waals surface area contributed by atoms with E-state index in [1.54, 1.807) is 19.1 Å². The molecule has 0 heterocycles. The summed E-state index contributed by atoms with van der Waals surface area (Å²) in [5, 5.41) is 0. The number of benzene rings is 1. The first-order valence-corrected chi connectivity index (χ1v) is 5.49. The monoisotopic (exact) mass is 206 g/mol. The minimum Gasteiger partial charge on any atom is -0.294 e. The van der Waals surface area contributed by atoms with Crippen molar-refractivity contribution < 1.29 is 9.18 Å². The molecule has 0 bridgehead atoms. The third-order valence-electron chi connectivity index (χ3n) is 3.26. The Morgan fingerprint density at radius 2 is 2.00 bits per heavy atom. The summed E-state index contributed by atoms with van der Waals surface area (Å²) in [7, 11) is 0. The maximum absolute atomic E-state index is 13.3. The maximum atomic E-state index is 13.3. The molecule has 0 atom stereocenters. The highest BCUT2D eigenvalue weighted by Crippen LogP contribution is 2.29. The van der Waals surface area contributed by atoms with Gasteiger partial charge in [-0.1, -0.05) is 25.0 Å². The van der Waals surface area contributed by atoms with Crippen molar-refractivity contribution in [3.8, 4) is 0 Å². The van der Waals surface area contributed by atoms with Gasteiger partial charge in [0, 0.05) is 11.5 Å². The van der Waals surface area contributed by atoms with Gasteiger partial charge in [0.25, 0.3) is 0 Å². The van der Waals surface area contributed by atoms with Crippen molar-refractivity contribution >= 4 is 5.78 Å². The number of halogens is 1. The molecule has 2 heteroatoms. The maximum Gasteiger partial charge on any atom is 0.166 e. The van der Waals surface area contributed by atoms with E-state index in [4.69, 9.17) is 0 Å². The van der Waals surface area contributed by atoms with Crippen LogP contribution in [0.25, 0.3) is 0 Å². The number of carbonyl (C=O) groups excluding carboxylic acids is 1. The van der Waals surface area contributed by atoms with E-state index in [9.17, 15) is 9.18 Å². The SMILES string of the molecule is Cc1c(F)cccc1C(=O)C1CCCC1. The quantitative estimate of drug-likeness (QED) is 0.677. The van der Waals surface area contributed by atoms with Gasteiger partial charge < -0.3 is 0 Å². The van der Waals surface area contributed by atoms with E-state index < -0.39 is 0 Å². The number of hydrogen-bond donors (Lipinski definition) is 0. The predicted molar refractivity (Wildman–Crippen MR) is 57.4 cm³/mol. The van der Waals surface area contributed by atoms with Crippen LogP contribution in [0.2, 0.25) is 0 Å². The second-order valence-electron chi connectivity index (χ2n) is 4.26. The highest BCUT2D eigenvalue weighted by Gasteiger charge is 2.25. The van der Waals surface area contributed by atoms with E-state index in [2.05, 4.69) is 0 Å². The fourth-order valence-corrected chi connectivity index (χ4v) is 2.28. The fourth-order valence-electron chi connectivity index (χ4n) is 2.28. The largest absolute Gasteiger partial charge is 0.294 e. The minimum absolute atomic E-state index is 0.129. The highest BCUT2D eigenvalue weighted by molar-refractivity contribution is 5.99. The molecule has 1 aromatic carbocycles. The van der Waals surface area contributed by atoms with Gasteiger partial charge in [-0.05, 0) is 31.4 Å². The number of hydrogen-bond acceptors (Lipinski definition) is 1. The Morgan fingerprint density at radius 3 is 2.67 bits per heavy atom. The lowest BCUT2D eigenvalue weighted by molar-refractivity contribution is 0.0921. The van der Waals surface area contributed by atoms with Crippen LogP contribution in [-0.4, -0.2) is 5.78 Å².